The van der Waals surface area contributed by atoms with E-state index in [1.165, 1.54) is 24.2 Å². The van der Waals surface area contributed by atoms with E-state index in [4.69, 9.17) is 19.1 Å². The van der Waals surface area contributed by atoms with Gasteiger partial charge in [0.15, 0.2) is 5.58 Å². The molecule has 2 aromatic rings. The summed E-state index contributed by atoms with van der Waals surface area (Å²) in [6.07, 6.45) is 4.51. The molecule has 0 radical (unpaired) electrons. The van der Waals surface area contributed by atoms with Crippen molar-refractivity contribution in [3.63, 3.8) is 0 Å². The molecule has 1 N–H and O–H groups in total. The number of amides is 1. The zero-order chi connectivity index (χ0) is 17.9. The summed E-state index contributed by atoms with van der Waals surface area (Å²) < 4.78 is 17.3. The molecule has 1 aromatic carbocycles. The first-order valence-corrected chi connectivity index (χ1v) is 9.32. The smallest absolute Gasteiger partial charge is 0.407 e. The van der Waals surface area contributed by atoms with Crippen LogP contribution in [0, 0.1) is 11.8 Å². The van der Waals surface area contributed by atoms with Crippen LogP contribution >= 0.6 is 0 Å². The van der Waals surface area contributed by atoms with Gasteiger partial charge in [0, 0.05) is 13.1 Å². The molecule has 1 aliphatic carbocycles. The van der Waals surface area contributed by atoms with Crippen LogP contribution < -0.4 is 9.47 Å². The quantitative estimate of drug-likeness (QED) is 0.844. The Balaban J connectivity index is 1.39. The lowest BCUT2D eigenvalue weighted by Gasteiger charge is -2.29. The van der Waals surface area contributed by atoms with Crippen LogP contribution in [0.5, 0.6) is 11.6 Å². The zero-order valence-electron chi connectivity index (χ0n) is 14.7. The van der Waals surface area contributed by atoms with Gasteiger partial charge >= 0.3 is 6.09 Å². The number of hydrogen-bond donors (Lipinski definition) is 1. The van der Waals surface area contributed by atoms with Crippen molar-refractivity contribution in [2.45, 2.75) is 32.1 Å². The van der Waals surface area contributed by atoms with Crippen LogP contribution in [0.2, 0.25) is 0 Å². The summed E-state index contributed by atoms with van der Waals surface area (Å²) in [6.45, 7) is 2.33. The second kappa shape index (κ2) is 7.43. The van der Waals surface area contributed by atoms with Gasteiger partial charge in [-0.1, -0.05) is 12.5 Å². The Morgan fingerprint density at radius 3 is 2.58 bits per heavy atom. The molecule has 1 aliphatic heterocycles. The van der Waals surface area contributed by atoms with Crippen LogP contribution in [0.4, 0.5) is 4.79 Å². The number of ether oxygens (including phenoxy) is 2. The lowest BCUT2D eigenvalue weighted by atomic mass is 9.86. The predicted octanol–water partition coefficient (Wildman–Crippen LogP) is 3.78. The maximum atomic E-state index is 11.0. The van der Waals surface area contributed by atoms with E-state index in [-0.39, 0.29) is 0 Å². The molecule has 4 rings (SSSR count). The summed E-state index contributed by atoms with van der Waals surface area (Å²) in [5.74, 6) is 2.19. The van der Waals surface area contributed by atoms with Crippen LogP contribution in [0.15, 0.2) is 22.7 Å². The van der Waals surface area contributed by atoms with Crippen LogP contribution in [0.25, 0.3) is 11.0 Å². The first-order valence-electron chi connectivity index (χ1n) is 9.32. The molecule has 140 valence electrons. The SMILES string of the molecule is O=C(O)N1CCC(COc2noc3cccc(OCC4CCC4)c23)CC1. The van der Waals surface area contributed by atoms with Gasteiger partial charge in [0.05, 0.1) is 13.2 Å². The number of piperidine rings is 1. The highest BCUT2D eigenvalue weighted by Gasteiger charge is 2.24. The molecule has 1 saturated carbocycles. The normalized spacial score (nSPS) is 18.7. The van der Waals surface area contributed by atoms with Crippen LogP contribution in [-0.2, 0) is 0 Å². The van der Waals surface area contributed by atoms with Crippen LogP contribution in [-0.4, -0.2) is 47.6 Å². The third-order valence-corrected chi connectivity index (χ3v) is 5.47. The fraction of sp³-hybridized carbons (Fsp3) is 0.579. The molecule has 1 amide bonds. The largest absolute Gasteiger partial charge is 0.492 e. The molecule has 0 unspecified atom stereocenters. The van der Waals surface area contributed by atoms with Gasteiger partial charge in [0.25, 0.3) is 5.88 Å². The maximum absolute atomic E-state index is 11.0. The Morgan fingerprint density at radius 2 is 1.88 bits per heavy atom. The number of benzene rings is 1. The second-order valence-corrected chi connectivity index (χ2v) is 7.25. The Labute approximate surface area is 151 Å². The van der Waals surface area contributed by atoms with Gasteiger partial charge in [-0.2, -0.15) is 0 Å². The van der Waals surface area contributed by atoms with E-state index in [1.54, 1.807) is 0 Å². The van der Waals surface area contributed by atoms with Gasteiger partial charge in [-0.3, -0.25) is 0 Å². The number of aromatic nitrogens is 1. The molecule has 2 fully saturated rings. The van der Waals surface area contributed by atoms with E-state index in [0.717, 1.165) is 30.6 Å². The summed E-state index contributed by atoms with van der Waals surface area (Å²) in [5.41, 5.74) is 0.659. The Hall–Kier alpha value is -2.44. The number of fused-ring (bicyclic) bond motifs is 1. The Bertz CT molecular complexity index is 762. The van der Waals surface area contributed by atoms with Gasteiger partial charge in [-0.05, 0) is 54.8 Å². The highest BCUT2D eigenvalue weighted by atomic mass is 16.5. The van der Waals surface area contributed by atoms with E-state index in [9.17, 15) is 4.79 Å². The monoisotopic (exact) mass is 360 g/mol. The summed E-state index contributed by atoms with van der Waals surface area (Å²) >= 11 is 0. The first-order chi connectivity index (χ1) is 12.7. The molecule has 0 bridgehead atoms. The number of carboxylic acid groups (broad SMARTS) is 1. The molecule has 1 aromatic heterocycles. The average molecular weight is 360 g/mol. The number of nitrogens with zero attached hydrogens (tertiary/aromatic N) is 2. The molecular weight excluding hydrogens is 336 g/mol. The molecular formula is C19H24N2O5. The lowest BCUT2D eigenvalue weighted by Crippen LogP contribution is -2.38. The highest BCUT2D eigenvalue weighted by Crippen LogP contribution is 2.35. The molecule has 0 atom stereocenters. The van der Waals surface area contributed by atoms with E-state index in [1.807, 2.05) is 18.2 Å². The van der Waals surface area contributed by atoms with E-state index < -0.39 is 6.09 Å². The average Bonchev–Trinajstić information content (AvgIpc) is 3.03. The Kier molecular flexibility index (Phi) is 4.86. The van der Waals surface area contributed by atoms with Crippen molar-refractivity contribution in [3.05, 3.63) is 18.2 Å². The zero-order valence-corrected chi connectivity index (χ0v) is 14.7. The summed E-state index contributed by atoms with van der Waals surface area (Å²) in [4.78, 5) is 12.4. The molecule has 7 nitrogen and oxygen atoms in total. The topological polar surface area (TPSA) is 85.0 Å². The summed E-state index contributed by atoms with van der Waals surface area (Å²) in [6, 6.07) is 5.68. The van der Waals surface area contributed by atoms with Crippen molar-refractivity contribution < 1.29 is 23.9 Å². The molecule has 2 aliphatic rings. The number of likely N-dealkylation sites (tertiary alicyclic amines) is 1. The van der Waals surface area contributed by atoms with Crippen LogP contribution in [0.1, 0.15) is 32.1 Å². The second-order valence-electron chi connectivity index (χ2n) is 7.25. The number of rotatable bonds is 6. The predicted molar refractivity (Wildman–Crippen MR) is 94.7 cm³/mol. The van der Waals surface area contributed by atoms with E-state index >= 15 is 0 Å². The molecule has 26 heavy (non-hydrogen) atoms. The van der Waals surface area contributed by atoms with E-state index in [0.29, 0.717) is 43.0 Å². The maximum Gasteiger partial charge on any atom is 0.407 e. The van der Waals surface area contributed by atoms with Crippen molar-refractivity contribution in [3.8, 4) is 11.6 Å². The molecule has 1 saturated heterocycles. The lowest BCUT2D eigenvalue weighted by molar-refractivity contribution is 0.110. The highest BCUT2D eigenvalue weighted by molar-refractivity contribution is 5.88. The fourth-order valence-corrected chi connectivity index (χ4v) is 3.51. The minimum atomic E-state index is -0.847. The van der Waals surface area contributed by atoms with Crippen molar-refractivity contribution in [2.24, 2.45) is 11.8 Å². The van der Waals surface area contributed by atoms with Crippen molar-refractivity contribution >= 4 is 17.1 Å². The van der Waals surface area contributed by atoms with Gasteiger partial charge in [-0.15, -0.1) is 0 Å². The van der Waals surface area contributed by atoms with Gasteiger partial charge in [-0.25, -0.2) is 4.79 Å². The summed E-state index contributed by atoms with van der Waals surface area (Å²) in [7, 11) is 0. The Morgan fingerprint density at radius 1 is 1.15 bits per heavy atom. The molecule has 0 spiro atoms. The van der Waals surface area contributed by atoms with Crippen molar-refractivity contribution in [2.75, 3.05) is 26.3 Å². The van der Waals surface area contributed by atoms with Gasteiger partial charge in [0.1, 0.15) is 11.1 Å². The first kappa shape index (κ1) is 17.0. The molecule has 2 heterocycles. The van der Waals surface area contributed by atoms with Gasteiger partial charge in [0.2, 0.25) is 0 Å². The number of carbonyl (C=O) groups is 1. The molecule has 7 heteroatoms. The minimum absolute atomic E-state index is 0.320. The summed E-state index contributed by atoms with van der Waals surface area (Å²) in [5, 5.41) is 13.9. The van der Waals surface area contributed by atoms with E-state index in [2.05, 4.69) is 5.16 Å². The standard InChI is InChI=1S/C19H24N2O5/c22-19(23)21-9-7-14(8-10-21)12-25-18-17-15(24-11-13-3-1-4-13)5-2-6-16(17)26-20-18/h2,5-6,13-14H,1,3-4,7-12H2,(H,22,23). The minimum Gasteiger partial charge on any atom is -0.492 e. The van der Waals surface area contributed by atoms with Crippen molar-refractivity contribution in [1.82, 2.24) is 10.1 Å². The number of hydrogen-bond acceptors (Lipinski definition) is 5. The third kappa shape index (κ3) is 3.57. The fourth-order valence-electron chi connectivity index (χ4n) is 3.51. The van der Waals surface area contributed by atoms with Crippen LogP contribution in [0.3, 0.4) is 0 Å². The van der Waals surface area contributed by atoms with Gasteiger partial charge < -0.3 is 24.0 Å². The third-order valence-electron chi connectivity index (χ3n) is 5.47. The van der Waals surface area contributed by atoms with Crippen molar-refractivity contribution in [1.29, 1.82) is 0 Å².